The van der Waals surface area contributed by atoms with Gasteiger partial charge >= 0.3 is 5.97 Å². The van der Waals surface area contributed by atoms with Gasteiger partial charge in [-0.25, -0.2) is 4.79 Å². The molecule has 2 rings (SSSR count). The van der Waals surface area contributed by atoms with Gasteiger partial charge in [0.15, 0.2) is 0 Å². The van der Waals surface area contributed by atoms with E-state index in [1.807, 2.05) is 12.1 Å². The molecule has 0 radical (unpaired) electrons. The third-order valence-corrected chi connectivity index (χ3v) is 2.78. The molecule has 1 aliphatic rings. The van der Waals surface area contributed by atoms with E-state index in [0.29, 0.717) is 11.5 Å². The first-order valence-electron chi connectivity index (χ1n) is 4.84. The van der Waals surface area contributed by atoms with E-state index in [1.165, 1.54) is 0 Å². The lowest BCUT2D eigenvalue weighted by Crippen LogP contribution is -2.02. The lowest BCUT2D eigenvalue weighted by molar-refractivity contribution is 0.0698. The van der Waals surface area contributed by atoms with Gasteiger partial charge < -0.3 is 10.4 Å². The minimum absolute atomic E-state index is 0.387. The second-order valence-electron chi connectivity index (χ2n) is 3.56. The van der Waals surface area contributed by atoms with Crippen LogP contribution < -0.4 is 5.32 Å². The summed E-state index contributed by atoms with van der Waals surface area (Å²) >= 11 is 0. The zero-order valence-corrected chi connectivity index (χ0v) is 8.08. The molecule has 1 atom stereocenters. The third kappa shape index (κ3) is 1.25. The molecule has 0 unspecified atom stereocenters. The number of carbonyl (C=O) groups is 1. The number of anilines is 1. The molecule has 0 amide bonds. The monoisotopic (exact) mass is 191 g/mol. The summed E-state index contributed by atoms with van der Waals surface area (Å²) in [5, 5.41) is 12.1. The summed E-state index contributed by atoms with van der Waals surface area (Å²) in [6, 6.07) is 5.47. The molecular formula is C11H13NO2. The Morgan fingerprint density at radius 1 is 1.64 bits per heavy atom. The first-order valence-corrected chi connectivity index (χ1v) is 4.84. The summed E-state index contributed by atoms with van der Waals surface area (Å²) in [7, 11) is 0. The van der Waals surface area contributed by atoms with E-state index in [-0.39, 0.29) is 0 Å². The largest absolute Gasteiger partial charge is 0.478 e. The van der Waals surface area contributed by atoms with Crippen LogP contribution in [0.25, 0.3) is 0 Å². The molecule has 2 N–H and O–H groups in total. The fraction of sp³-hybridized carbons (Fsp3) is 0.364. The lowest BCUT2D eigenvalue weighted by Gasteiger charge is -2.06. The molecule has 3 heteroatoms. The Hall–Kier alpha value is -1.51. The van der Waals surface area contributed by atoms with E-state index < -0.39 is 5.97 Å². The van der Waals surface area contributed by atoms with Gasteiger partial charge in [0, 0.05) is 12.5 Å². The first-order chi connectivity index (χ1) is 6.74. The van der Waals surface area contributed by atoms with Crippen LogP contribution in [0.1, 0.15) is 35.2 Å². The average molecular weight is 191 g/mol. The second kappa shape index (κ2) is 3.33. The molecule has 1 aromatic carbocycles. The van der Waals surface area contributed by atoms with Gasteiger partial charge in [-0.3, -0.25) is 0 Å². The van der Waals surface area contributed by atoms with Crippen LogP contribution >= 0.6 is 0 Å². The molecule has 74 valence electrons. The van der Waals surface area contributed by atoms with Crippen LogP contribution in [0.4, 0.5) is 5.69 Å². The fourth-order valence-electron chi connectivity index (χ4n) is 1.99. The third-order valence-electron chi connectivity index (χ3n) is 2.78. The summed E-state index contributed by atoms with van der Waals surface area (Å²) in [5.41, 5.74) is 2.35. The van der Waals surface area contributed by atoms with Gasteiger partial charge in [-0.2, -0.15) is 0 Å². The highest BCUT2D eigenvalue weighted by Crippen LogP contribution is 2.35. The van der Waals surface area contributed by atoms with Crippen molar-refractivity contribution in [3.8, 4) is 0 Å². The molecule has 0 saturated carbocycles. The van der Waals surface area contributed by atoms with E-state index in [4.69, 9.17) is 5.11 Å². The molecule has 1 heterocycles. The fourth-order valence-corrected chi connectivity index (χ4v) is 1.99. The molecular weight excluding hydrogens is 178 g/mol. The topological polar surface area (TPSA) is 49.3 Å². The van der Waals surface area contributed by atoms with Crippen molar-refractivity contribution >= 4 is 11.7 Å². The Morgan fingerprint density at radius 3 is 3.07 bits per heavy atom. The van der Waals surface area contributed by atoms with Gasteiger partial charge in [0.25, 0.3) is 0 Å². The minimum Gasteiger partial charge on any atom is -0.478 e. The molecule has 0 saturated heterocycles. The highest BCUT2D eigenvalue weighted by molar-refractivity contribution is 5.95. The zero-order chi connectivity index (χ0) is 10.1. The van der Waals surface area contributed by atoms with Gasteiger partial charge in [0.05, 0.1) is 11.3 Å². The Labute approximate surface area is 82.8 Å². The van der Waals surface area contributed by atoms with Crippen molar-refractivity contribution < 1.29 is 9.90 Å². The van der Waals surface area contributed by atoms with Gasteiger partial charge in [-0.15, -0.1) is 0 Å². The highest BCUT2D eigenvalue weighted by Gasteiger charge is 2.24. The van der Waals surface area contributed by atoms with E-state index in [0.717, 1.165) is 24.2 Å². The second-order valence-corrected chi connectivity index (χ2v) is 3.56. The van der Waals surface area contributed by atoms with Crippen LogP contribution in [0.2, 0.25) is 0 Å². The molecule has 0 fully saturated rings. The predicted octanol–water partition coefficient (Wildman–Crippen LogP) is 2.30. The van der Waals surface area contributed by atoms with Gasteiger partial charge in [0.2, 0.25) is 0 Å². The van der Waals surface area contributed by atoms with Crippen molar-refractivity contribution in [1.82, 2.24) is 0 Å². The first kappa shape index (κ1) is 9.06. The van der Waals surface area contributed by atoms with Gasteiger partial charge in [-0.1, -0.05) is 19.1 Å². The minimum atomic E-state index is -0.855. The molecule has 14 heavy (non-hydrogen) atoms. The Balaban J connectivity index is 2.49. The average Bonchev–Trinajstić information content (AvgIpc) is 2.59. The molecule has 0 spiro atoms. The number of para-hydroxylation sites is 1. The van der Waals surface area contributed by atoms with E-state index in [2.05, 4.69) is 12.2 Å². The van der Waals surface area contributed by atoms with E-state index in [9.17, 15) is 4.79 Å². The van der Waals surface area contributed by atoms with Crippen molar-refractivity contribution in [3.05, 3.63) is 29.3 Å². The number of hydrogen-bond donors (Lipinski definition) is 2. The highest BCUT2D eigenvalue weighted by atomic mass is 16.4. The van der Waals surface area contributed by atoms with Crippen LogP contribution in [0, 0.1) is 0 Å². The van der Waals surface area contributed by atoms with E-state index >= 15 is 0 Å². The summed E-state index contributed by atoms with van der Waals surface area (Å²) < 4.78 is 0. The van der Waals surface area contributed by atoms with Crippen LogP contribution in [-0.2, 0) is 0 Å². The van der Waals surface area contributed by atoms with Crippen molar-refractivity contribution in [3.63, 3.8) is 0 Å². The zero-order valence-electron chi connectivity index (χ0n) is 8.08. The quantitative estimate of drug-likeness (QED) is 0.754. The maximum atomic E-state index is 10.9. The number of carboxylic acids is 1. The molecule has 0 aliphatic carbocycles. The normalized spacial score (nSPS) is 18.8. The van der Waals surface area contributed by atoms with Crippen molar-refractivity contribution in [2.75, 3.05) is 11.9 Å². The standard InChI is InChI=1S/C11H13NO2/c1-2-7-6-12-10-8(7)4-3-5-9(10)11(13)14/h3-5,7,12H,2,6H2,1H3,(H,13,14)/t7-/m0/s1. The maximum Gasteiger partial charge on any atom is 0.337 e. The van der Waals surface area contributed by atoms with Crippen LogP contribution in [-0.4, -0.2) is 17.6 Å². The van der Waals surface area contributed by atoms with Crippen LogP contribution in [0.5, 0.6) is 0 Å². The van der Waals surface area contributed by atoms with Crippen molar-refractivity contribution in [2.45, 2.75) is 19.3 Å². The van der Waals surface area contributed by atoms with Gasteiger partial charge in [-0.05, 0) is 18.1 Å². The van der Waals surface area contributed by atoms with Crippen molar-refractivity contribution in [2.24, 2.45) is 0 Å². The SMILES string of the molecule is CC[C@H]1CNc2c(C(=O)O)cccc21. The number of carboxylic acid groups (broad SMARTS) is 1. The Bertz CT molecular complexity index is 374. The molecule has 0 bridgehead atoms. The summed E-state index contributed by atoms with van der Waals surface area (Å²) in [6.07, 6.45) is 1.04. The van der Waals surface area contributed by atoms with Crippen LogP contribution in [0.3, 0.4) is 0 Å². The molecule has 3 nitrogen and oxygen atoms in total. The predicted molar refractivity (Wildman–Crippen MR) is 54.9 cm³/mol. The van der Waals surface area contributed by atoms with Crippen molar-refractivity contribution in [1.29, 1.82) is 0 Å². The summed E-state index contributed by atoms with van der Waals surface area (Å²) in [4.78, 5) is 10.9. The molecule has 1 aliphatic heterocycles. The van der Waals surface area contributed by atoms with E-state index in [1.54, 1.807) is 6.07 Å². The lowest BCUT2D eigenvalue weighted by atomic mass is 9.97. The number of benzene rings is 1. The van der Waals surface area contributed by atoms with Gasteiger partial charge in [0.1, 0.15) is 0 Å². The molecule has 1 aromatic rings. The maximum absolute atomic E-state index is 10.9. The number of nitrogens with one attached hydrogen (secondary N) is 1. The molecule has 0 aromatic heterocycles. The number of hydrogen-bond acceptors (Lipinski definition) is 2. The summed E-state index contributed by atoms with van der Waals surface area (Å²) in [6.45, 7) is 2.98. The number of fused-ring (bicyclic) bond motifs is 1. The Kier molecular flexibility index (Phi) is 2.15. The summed E-state index contributed by atoms with van der Waals surface area (Å²) in [5.74, 6) is -0.393. The number of rotatable bonds is 2. The number of aromatic carboxylic acids is 1. The van der Waals surface area contributed by atoms with Crippen LogP contribution in [0.15, 0.2) is 18.2 Å². The Morgan fingerprint density at radius 2 is 2.43 bits per heavy atom. The smallest absolute Gasteiger partial charge is 0.337 e.